The predicted octanol–water partition coefficient (Wildman–Crippen LogP) is 2.59. The Hall–Kier alpha value is -0.490. The average Bonchev–Trinajstić information content (AvgIpc) is 2.25. The minimum Gasteiger partial charge on any atom is -0.397 e. The van der Waals surface area contributed by atoms with E-state index in [2.05, 4.69) is 34.0 Å². The van der Waals surface area contributed by atoms with Gasteiger partial charge in [-0.3, -0.25) is 0 Å². The number of nitrogens with one attached hydrogen (secondary N) is 1. The molecule has 0 heterocycles. The van der Waals surface area contributed by atoms with Crippen LogP contribution in [0, 0.1) is 3.57 Å². The van der Waals surface area contributed by atoms with E-state index in [-0.39, 0.29) is 6.10 Å². The predicted molar refractivity (Wildman–Crippen MR) is 75.5 cm³/mol. The van der Waals surface area contributed by atoms with Crippen molar-refractivity contribution in [3.8, 4) is 0 Å². The van der Waals surface area contributed by atoms with E-state index in [0.717, 1.165) is 40.6 Å². The van der Waals surface area contributed by atoms with Gasteiger partial charge in [-0.15, -0.1) is 0 Å². The van der Waals surface area contributed by atoms with E-state index in [1.807, 2.05) is 12.1 Å². The third-order valence-electron chi connectivity index (χ3n) is 3.07. The van der Waals surface area contributed by atoms with Crippen LogP contribution in [-0.4, -0.2) is 17.3 Å². The number of nitrogens with two attached hydrogens (primary N) is 1. The maximum Gasteiger partial charge on any atom is 0.0576 e. The molecule has 0 spiro atoms. The average molecular weight is 332 g/mol. The van der Waals surface area contributed by atoms with Crippen LogP contribution in [0.5, 0.6) is 0 Å². The third kappa shape index (κ3) is 3.01. The van der Waals surface area contributed by atoms with Crippen LogP contribution in [0.1, 0.15) is 25.7 Å². The van der Waals surface area contributed by atoms with Crippen LogP contribution in [0.4, 0.5) is 11.4 Å². The first kappa shape index (κ1) is 12.0. The molecule has 4 heteroatoms. The largest absolute Gasteiger partial charge is 0.397 e. The highest BCUT2D eigenvalue weighted by Gasteiger charge is 2.19. The maximum atomic E-state index is 9.43. The van der Waals surface area contributed by atoms with E-state index in [9.17, 15) is 5.11 Å². The number of benzene rings is 1. The molecular weight excluding hydrogens is 315 g/mol. The molecule has 1 aliphatic carbocycles. The molecule has 1 saturated carbocycles. The van der Waals surface area contributed by atoms with E-state index >= 15 is 0 Å². The fourth-order valence-electron chi connectivity index (χ4n) is 2.11. The number of anilines is 2. The first-order valence-corrected chi connectivity index (χ1v) is 6.72. The van der Waals surface area contributed by atoms with Crippen LogP contribution in [0.15, 0.2) is 18.2 Å². The summed E-state index contributed by atoms with van der Waals surface area (Å²) in [4.78, 5) is 0. The van der Waals surface area contributed by atoms with Crippen LogP contribution in [0.25, 0.3) is 0 Å². The van der Waals surface area contributed by atoms with Crippen LogP contribution in [0.3, 0.4) is 0 Å². The molecule has 0 unspecified atom stereocenters. The molecule has 1 aliphatic rings. The summed E-state index contributed by atoms with van der Waals surface area (Å²) in [6, 6.07) is 6.50. The molecule has 1 aromatic carbocycles. The van der Waals surface area contributed by atoms with Crippen molar-refractivity contribution in [3.05, 3.63) is 21.8 Å². The Morgan fingerprint density at radius 1 is 1.25 bits per heavy atom. The maximum absolute atomic E-state index is 9.43. The van der Waals surface area contributed by atoms with Gasteiger partial charge in [0.05, 0.1) is 17.5 Å². The number of aliphatic hydroxyl groups is 1. The summed E-state index contributed by atoms with van der Waals surface area (Å²) >= 11 is 2.25. The zero-order valence-corrected chi connectivity index (χ0v) is 11.3. The van der Waals surface area contributed by atoms with Crippen molar-refractivity contribution >= 4 is 34.0 Å². The minimum absolute atomic E-state index is 0.105. The molecule has 16 heavy (non-hydrogen) atoms. The molecule has 0 bridgehead atoms. The molecule has 2 rings (SSSR count). The molecule has 0 atom stereocenters. The number of halogens is 1. The Balaban J connectivity index is 1.98. The normalized spacial score (nSPS) is 25.4. The van der Waals surface area contributed by atoms with Gasteiger partial charge in [0.25, 0.3) is 0 Å². The SMILES string of the molecule is Nc1cc(I)ccc1NC1CCC(O)CC1. The Kier molecular flexibility index (Phi) is 3.91. The zero-order valence-electron chi connectivity index (χ0n) is 9.12. The smallest absolute Gasteiger partial charge is 0.0576 e. The summed E-state index contributed by atoms with van der Waals surface area (Å²) in [5.74, 6) is 0. The van der Waals surface area contributed by atoms with Crippen molar-refractivity contribution in [1.82, 2.24) is 0 Å². The van der Waals surface area contributed by atoms with E-state index < -0.39 is 0 Å². The van der Waals surface area contributed by atoms with Gasteiger partial charge in [-0.05, 0) is 66.5 Å². The second-order valence-corrected chi connectivity index (χ2v) is 5.63. The molecule has 0 aliphatic heterocycles. The van der Waals surface area contributed by atoms with Crippen molar-refractivity contribution in [1.29, 1.82) is 0 Å². The van der Waals surface area contributed by atoms with Gasteiger partial charge in [-0.25, -0.2) is 0 Å². The Bertz CT molecular complexity index is 362. The first-order chi connectivity index (χ1) is 7.65. The lowest BCUT2D eigenvalue weighted by atomic mass is 9.93. The molecule has 4 N–H and O–H groups in total. The van der Waals surface area contributed by atoms with Crippen molar-refractivity contribution in [2.45, 2.75) is 37.8 Å². The number of aliphatic hydroxyl groups excluding tert-OH is 1. The number of hydrogen-bond acceptors (Lipinski definition) is 3. The molecule has 0 radical (unpaired) electrons. The first-order valence-electron chi connectivity index (χ1n) is 5.65. The Morgan fingerprint density at radius 3 is 2.56 bits per heavy atom. The summed E-state index contributed by atoms with van der Waals surface area (Å²) < 4.78 is 1.15. The highest BCUT2D eigenvalue weighted by Crippen LogP contribution is 2.26. The quantitative estimate of drug-likeness (QED) is 0.576. The fraction of sp³-hybridized carbons (Fsp3) is 0.500. The van der Waals surface area contributed by atoms with Crippen LogP contribution < -0.4 is 11.1 Å². The summed E-state index contributed by atoms with van der Waals surface area (Å²) in [7, 11) is 0. The van der Waals surface area contributed by atoms with Crippen molar-refractivity contribution < 1.29 is 5.11 Å². The van der Waals surface area contributed by atoms with E-state index in [0.29, 0.717) is 6.04 Å². The van der Waals surface area contributed by atoms with Gasteiger partial charge in [0, 0.05) is 9.61 Å². The molecule has 0 amide bonds. The minimum atomic E-state index is -0.105. The van der Waals surface area contributed by atoms with E-state index in [4.69, 9.17) is 5.73 Å². The molecule has 1 fully saturated rings. The van der Waals surface area contributed by atoms with Crippen LogP contribution >= 0.6 is 22.6 Å². The number of rotatable bonds is 2. The number of nitrogen functional groups attached to an aromatic ring is 1. The molecule has 0 saturated heterocycles. The monoisotopic (exact) mass is 332 g/mol. The lowest BCUT2D eigenvalue weighted by molar-refractivity contribution is 0.126. The lowest BCUT2D eigenvalue weighted by Gasteiger charge is -2.27. The summed E-state index contributed by atoms with van der Waals surface area (Å²) in [6.07, 6.45) is 3.72. The van der Waals surface area contributed by atoms with Gasteiger partial charge < -0.3 is 16.2 Å². The second-order valence-electron chi connectivity index (χ2n) is 4.38. The fourth-order valence-corrected chi connectivity index (χ4v) is 2.62. The van der Waals surface area contributed by atoms with Gasteiger partial charge in [-0.1, -0.05) is 0 Å². The Labute approximate surface area is 110 Å². The summed E-state index contributed by atoms with van der Waals surface area (Å²) in [5, 5.41) is 12.9. The number of hydrogen-bond donors (Lipinski definition) is 3. The molecule has 0 aromatic heterocycles. The highest BCUT2D eigenvalue weighted by atomic mass is 127. The van der Waals surface area contributed by atoms with E-state index in [1.165, 1.54) is 0 Å². The van der Waals surface area contributed by atoms with Crippen molar-refractivity contribution in [2.24, 2.45) is 0 Å². The Morgan fingerprint density at radius 2 is 1.94 bits per heavy atom. The third-order valence-corrected chi connectivity index (χ3v) is 3.74. The topological polar surface area (TPSA) is 58.3 Å². The summed E-state index contributed by atoms with van der Waals surface area (Å²) in [6.45, 7) is 0. The molecule has 88 valence electrons. The van der Waals surface area contributed by atoms with Gasteiger partial charge in [0.15, 0.2) is 0 Å². The summed E-state index contributed by atoms with van der Waals surface area (Å²) in [5.41, 5.74) is 7.77. The standard InChI is InChI=1S/C12H17IN2O/c13-8-1-6-12(11(14)7-8)15-9-2-4-10(16)5-3-9/h1,6-7,9-10,15-16H,2-5,14H2. The molecule has 3 nitrogen and oxygen atoms in total. The lowest BCUT2D eigenvalue weighted by Crippen LogP contribution is -2.28. The van der Waals surface area contributed by atoms with Gasteiger partial charge in [-0.2, -0.15) is 0 Å². The molecule has 1 aromatic rings. The van der Waals surface area contributed by atoms with Gasteiger partial charge in [0.1, 0.15) is 0 Å². The molecular formula is C12H17IN2O. The highest BCUT2D eigenvalue weighted by molar-refractivity contribution is 14.1. The van der Waals surface area contributed by atoms with Crippen LogP contribution in [0.2, 0.25) is 0 Å². The second kappa shape index (κ2) is 5.23. The van der Waals surface area contributed by atoms with Crippen molar-refractivity contribution in [3.63, 3.8) is 0 Å². The van der Waals surface area contributed by atoms with Crippen LogP contribution in [-0.2, 0) is 0 Å². The van der Waals surface area contributed by atoms with Gasteiger partial charge >= 0.3 is 0 Å². The van der Waals surface area contributed by atoms with E-state index in [1.54, 1.807) is 0 Å². The van der Waals surface area contributed by atoms with Crippen molar-refractivity contribution in [2.75, 3.05) is 11.1 Å². The van der Waals surface area contributed by atoms with Gasteiger partial charge in [0.2, 0.25) is 0 Å². The zero-order chi connectivity index (χ0) is 11.5.